The molecule has 0 spiro atoms. The molecule has 1 N–H and O–H groups in total. The van der Waals surface area contributed by atoms with Gasteiger partial charge in [-0.3, -0.25) is 4.79 Å². The van der Waals surface area contributed by atoms with E-state index in [2.05, 4.69) is 36.5 Å². The number of nitrogens with zero attached hydrogens (tertiary/aromatic N) is 1. The molecule has 1 heterocycles. The summed E-state index contributed by atoms with van der Waals surface area (Å²) in [6, 6.07) is 18.1. The fourth-order valence-electron chi connectivity index (χ4n) is 4.69. The number of ether oxygens (including phenoxy) is 1. The van der Waals surface area contributed by atoms with Gasteiger partial charge < -0.3 is 15.0 Å². The van der Waals surface area contributed by atoms with Gasteiger partial charge in [0, 0.05) is 24.7 Å². The summed E-state index contributed by atoms with van der Waals surface area (Å²) >= 11 is 0. The second-order valence-electron chi connectivity index (χ2n) is 8.78. The summed E-state index contributed by atoms with van der Waals surface area (Å²) < 4.78 is 5.77. The van der Waals surface area contributed by atoms with Gasteiger partial charge in [0.25, 0.3) is 0 Å². The highest BCUT2D eigenvalue weighted by atomic mass is 16.6. The molecule has 1 saturated heterocycles. The first-order valence-electron chi connectivity index (χ1n) is 11.5. The number of nitrogens with one attached hydrogen (secondary N) is 1. The Balaban J connectivity index is 1.50. The molecule has 1 aliphatic heterocycles. The van der Waals surface area contributed by atoms with Gasteiger partial charge in [0.05, 0.1) is 5.92 Å². The molecule has 2 aromatic rings. The van der Waals surface area contributed by atoms with Crippen molar-refractivity contribution in [2.24, 2.45) is 5.92 Å². The van der Waals surface area contributed by atoms with E-state index in [1.807, 2.05) is 30.3 Å². The van der Waals surface area contributed by atoms with E-state index in [-0.39, 0.29) is 29.9 Å². The number of anilines is 1. The fraction of sp³-hybridized carbons (Fsp3) is 0.462. The average Bonchev–Trinajstić information content (AvgIpc) is 3.32. The highest BCUT2D eigenvalue weighted by Gasteiger charge is 2.36. The molecule has 1 aliphatic carbocycles. The highest BCUT2D eigenvalue weighted by Crippen LogP contribution is 2.32. The molecule has 4 rings (SSSR count). The molecule has 5 nitrogen and oxygen atoms in total. The first kappa shape index (κ1) is 21.4. The number of piperidine rings is 1. The van der Waals surface area contributed by atoms with E-state index in [9.17, 15) is 9.59 Å². The SMILES string of the molecule is CCc1ccc(C2CC(C(=O)Nc3ccccc3)CN(C(=O)OC3CCCC3)C2)cc1. The van der Waals surface area contributed by atoms with Gasteiger partial charge in [0.15, 0.2) is 0 Å². The lowest BCUT2D eigenvalue weighted by Crippen LogP contribution is -2.47. The fourth-order valence-corrected chi connectivity index (χ4v) is 4.69. The molecule has 0 bridgehead atoms. The molecular weight excluding hydrogens is 388 g/mol. The van der Waals surface area contributed by atoms with Gasteiger partial charge in [-0.2, -0.15) is 0 Å². The van der Waals surface area contributed by atoms with Gasteiger partial charge in [-0.05, 0) is 61.8 Å². The molecule has 2 aliphatic rings. The largest absolute Gasteiger partial charge is 0.446 e. The lowest BCUT2D eigenvalue weighted by atomic mass is 9.84. The minimum absolute atomic E-state index is 0.0216. The van der Waals surface area contributed by atoms with Crippen LogP contribution in [0.4, 0.5) is 10.5 Å². The molecule has 2 atom stereocenters. The number of likely N-dealkylation sites (tertiary alicyclic amines) is 1. The van der Waals surface area contributed by atoms with Crippen molar-refractivity contribution in [2.45, 2.75) is 57.5 Å². The second-order valence-corrected chi connectivity index (χ2v) is 8.78. The van der Waals surface area contributed by atoms with Crippen LogP contribution in [0.2, 0.25) is 0 Å². The number of para-hydroxylation sites is 1. The maximum absolute atomic E-state index is 13.1. The number of carbonyl (C=O) groups excluding carboxylic acids is 2. The van der Waals surface area contributed by atoms with Crippen molar-refractivity contribution >= 4 is 17.7 Å². The lowest BCUT2D eigenvalue weighted by Gasteiger charge is -2.37. The molecule has 1 saturated carbocycles. The zero-order valence-electron chi connectivity index (χ0n) is 18.3. The molecule has 2 unspecified atom stereocenters. The number of carbonyl (C=O) groups is 2. The van der Waals surface area contributed by atoms with Crippen molar-refractivity contribution in [2.75, 3.05) is 18.4 Å². The van der Waals surface area contributed by atoms with Crippen molar-refractivity contribution in [3.8, 4) is 0 Å². The third-order valence-electron chi connectivity index (χ3n) is 6.55. The molecule has 2 amide bonds. The van der Waals surface area contributed by atoms with E-state index in [4.69, 9.17) is 4.74 Å². The molecule has 164 valence electrons. The van der Waals surface area contributed by atoms with E-state index in [1.54, 1.807) is 4.90 Å². The Morgan fingerprint density at radius 3 is 2.39 bits per heavy atom. The van der Waals surface area contributed by atoms with Gasteiger partial charge in [-0.15, -0.1) is 0 Å². The van der Waals surface area contributed by atoms with Gasteiger partial charge >= 0.3 is 6.09 Å². The molecule has 2 aromatic carbocycles. The highest BCUT2D eigenvalue weighted by molar-refractivity contribution is 5.93. The quantitative estimate of drug-likeness (QED) is 0.707. The van der Waals surface area contributed by atoms with Crippen LogP contribution in [0, 0.1) is 5.92 Å². The standard InChI is InChI=1S/C26H32N2O3/c1-2-19-12-14-20(15-13-19)21-16-22(25(29)27-23-8-4-3-5-9-23)18-28(17-21)26(30)31-24-10-6-7-11-24/h3-5,8-9,12-15,21-22,24H,2,6-7,10-11,16-18H2,1H3,(H,27,29). The minimum Gasteiger partial charge on any atom is -0.446 e. The molecule has 31 heavy (non-hydrogen) atoms. The normalized spacial score (nSPS) is 21.6. The van der Waals surface area contributed by atoms with Gasteiger partial charge in [-0.1, -0.05) is 49.4 Å². The molecular formula is C26H32N2O3. The molecule has 5 heteroatoms. The maximum Gasteiger partial charge on any atom is 0.410 e. The Labute approximate surface area is 184 Å². The summed E-state index contributed by atoms with van der Waals surface area (Å²) in [5, 5.41) is 3.02. The summed E-state index contributed by atoms with van der Waals surface area (Å²) in [5.41, 5.74) is 3.24. The molecule has 2 fully saturated rings. The third kappa shape index (κ3) is 5.46. The smallest absolute Gasteiger partial charge is 0.410 e. The van der Waals surface area contributed by atoms with Crippen LogP contribution in [-0.4, -0.2) is 36.1 Å². The Bertz CT molecular complexity index is 875. The van der Waals surface area contributed by atoms with Gasteiger partial charge in [0.1, 0.15) is 6.10 Å². The minimum atomic E-state index is -0.278. The van der Waals surface area contributed by atoms with Gasteiger partial charge in [-0.25, -0.2) is 4.79 Å². The van der Waals surface area contributed by atoms with E-state index >= 15 is 0 Å². The number of hydrogen-bond acceptors (Lipinski definition) is 3. The Morgan fingerprint density at radius 1 is 1.00 bits per heavy atom. The Kier molecular flexibility index (Phi) is 6.90. The van der Waals surface area contributed by atoms with Crippen LogP contribution >= 0.6 is 0 Å². The van der Waals surface area contributed by atoms with Crippen molar-refractivity contribution in [3.05, 3.63) is 65.7 Å². The zero-order valence-corrected chi connectivity index (χ0v) is 18.3. The monoisotopic (exact) mass is 420 g/mol. The van der Waals surface area contributed by atoms with Crippen LogP contribution in [0.25, 0.3) is 0 Å². The van der Waals surface area contributed by atoms with Crippen LogP contribution in [0.1, 0.15) is 56.1 Å². The summed E-state index contributed by atoms with van der Waals surface area (Å²) in [4.78, 5) is 27.7. The summed E-state index contributed by atoms with van der Waals surface area (Å²) in [5.74, 6) is -0.206. The topological polar surface area (TPSA) is 58.6 Å². The van der Waals surface area contributed by atoms with Crippen molar-refractivity contribution < 1.29 is 14.3 Å². The van der Waals surface area contributed by atoms with Crippen molar-refractivity contribution in [1.29, 1.82) is 0 Å². The number of aryl methyl sites for hydroxylation is 1. The molecule has 0 radical (unpaired) electrons. The van der Waals surface area contributed by atoms with Crippen molar-refractivity contribution in [1.82, 2.24) is 4.90 Å². The summed E-state index contributed by atoms with van der Waals surface area (Å²) in [6.45, 7) is 3.13. The van der Waals surface area contributed by atoms with E-state index in [0.29, 0.717) is 13.1 Å². The van der Waals surface area contributed by atoms with Crippen LogP contribution < -0.4 is 5.32 Å². The van der Waals surface area contributed by atoms with E-state index in [0.717, 1.165) is 44.2 Å². The zero-order chi connectivity index (χ0) is 21.6. The van der Waals surface area contributed by atoms with Gasteiger partial charge in [0.2, 0.25) is 5.91 Å². The number of hydrogen-bond donors (Lipinski definition) is 1. The summed E-state index contributed by atoms with van der Waals surface area (Å²) in [6.07, 6.45) is 5.58. The van der Waals surface area contributed by atoms with E-state index in [1.165, 1.54) is 11.1 Å². The van der Waals surface area contributed by atoms with Crippen LogP contribution in [0.5, 0.6) is 0 Å². The average molecular weight is 421 g/mol. The Morgan fingerprint density at radius 2 is 1.71 bits per heavy atom. The Hall–Kier alpha value is -2.82. The number of benzene rings is 2. The van der Waals surface area contributed by atoms with Crippen LogP contribution in [-0.2, 0) is 16.0 Å². The summed E-state index contributed by atoms with van der Waals surface area (Å²) in [7, 11) is 0. The number of amides is 2. The predicted octanol–water partition coefficient (Wildman–Crippen LogP) is 5.37. The third-order valence-corrected chi connectivity index (χ3v) is 6.55. The number of rotatable bonds is 5. The van der Waals surface area contributed by atoms with E-state index < -0.39 is 0 Å². The van der Waals surface area contributed by atoms with Crippen LogP contribution in [0.15, 0.2) is 54.6 Å². The molecule has 0 aromatic heterocycles. The maximum atomic E-state index is 13.1. The first-order valence-corrected chi connectivity index (χ1v) is 11.5. The predicted molar refractivity (Wildman–Crippen MR) is 122 cm³/mol. The van der Waals surface area contributed by atoms with Crippen LogP contribution in [0.3, 0.4) is 0 Å². The first-order chi connectivity index (χ1) is 15.1. The van der Waals surface area contributed by atoms with Crippen molar-refractivity contribution in [3.63, 3.8) is 0 Å². The second kappa shape index (κ2) is 9.99. The lowest BCUT2D eigenvalue weighted by molar-refractivity contribution is -0.121.